The van der Waals surface area contributed by atoms with Gasteiger partial charge in [0, 0.05) is 49.2 Å². The van der Waals surface area contributed by atoms with Gasteiger partial charge >= 0.3 is 6.03 Å². The lowest BCUT2D eigenvalue weighted by Crippen LogP contribution is -2.33. The van der Waals surface area contributed by atoms with Gasteiger partial charge in [0.2, 0.25) is 5.91 Å². The molecule has 0 unspecified atom stereocenters. The van der Waals surface area contributed by atoms with Crippen LogP contribution in [0.1, 0.15) is 25.3 Å². The van der Waals surface area contributed by atoms with Crippen LogP contribution >= 0.6 is 0 Å². The summed E-state index contributed by atoms with van der Waals surface area (Å²) in [5.41, 5.74) is 9.64. The number of para-hydroxylation sites is 1. The van der Waals surface area contributed by atoms with E-state index in [4.69, 9.17) is 15.2 Å². The second-order valence-electron chi connectivity index (χ2n) is 10.9. The van der Waals surface area contributed by atoms with E-state index in [9.17, 15) is 9.59 Å². The molecule has 2 aliphatic rings. The monoisotopic (exact) mass is 594 g/mol. The normalized spacial score (nSPS) is 17.1. The van der Waals surface area contributed by atoms with Crippen LogP contribution in [0.2, 0.25) is 0 Å². The quantitative estimate of drug-likeness (QED) is 0.277. The first-order valence-corrected chi connectivity index (χ1v) is 14.5. The number of carbonyl (C=O) groups is 2. The molecule has 0 bridgehead atoms. The fourth-order valence-corrected chi connectivity index (χ4v) is 5.15. The predicted octanol–water partition coefficient (Wildman–Crippen LogP) is 6.05. The number of nitrogens with one attached hydrogen (secondary N) is 1. The van der Waals surface area contributed by atoms with Crippen LogP contribution in [0.15, 0.2) is 95.3 Å². The third kappa shape index (κ3) is 6.60. The van der Waals surface area contributed by atoms with Crippen molar-refractivity contribution in [3.05, 3.63) is 95.8 Å². The zero-order chi connectivity index (χ0) is 31.4. The van der Waals surface area contributed by atoms with Gasteiger partial charge in [0.05, 0.1) is 18.5 Å². The second-order valence-corrected chi connectivity index (χ2v) is 10.9. The number of allylic oxidation sites excluding steroid dienone is 1. The van der Waals surface area contributed by atoms with Gasteiger partial charge in [-0.05, 0) is 75.7 Å². The number of amidine groups is 1. The van der Waals surface area contributed by atoms with Crippen molar-refractivity contribution in [1.82, 2.24) is 4.90 Å². The number of methoxy groups -OCH3 is 1. The lowest BCUT2D eigenvalue weighted by molar-refractivity contribution is -0.111. The third-order valence-electron chi connectivity index (χ3n) is 7.49. The molecule has 3 aromatic rings. The van der Waals surface area contributed by atoms with E-state index in [1.165, 1.54) is 30.9 Å². The van der Waals surface area contributed by atoms with E-state index in [1.54, 1.807) is 37.1 Å². The van der Waals surface area contributed by atoms with E-state index in [0.29, 0.717) is 64.1 Å². The lowest BCUT2D eigenvalue weighted by Gasteiger charge is -2.21. The molecular formula is C34H38N6O4. The molecule has 3 amide bonds. The van der Waals surface area contributed by atoms with Crippen LogP contribution < -0.4 is 30.3 Å². The van der Waals surface area contributed by atoms with Crippen molar-refractivity contribution >= 4 is 34.8 Å². The number of aliphatic imine (C=N–C) groups is 1. The molecule has 0 atom stereocenters. The molecule has 1 saturated carbocycles. The van der Waals surface area contributed by atoms with E-state index < -0.39 is 0 Å². The standard InChI is InChI=1S/C34H38N6O4/c1-22-18-28(44-27-10-7-6-8-11-27)15-16-30(22)40-32(23(2)35)33(36-3)39(34(40)42)26-19-24(20-29(21-26)43-5)37-31(41)12-9-17-38(4)25-13-14-25/h6-12,15-16,18-21,25H,13-14,17,35H2,1-5H3,(H,37,41)/b12-9+,32-23-,36-33+. The van der Waals surface area contributed by atoms with Crippen LogP contribution in [-0.2, 0) is 4.79 Å². The van der Waals surface area contributed by atoms with Gasteiger partial charge in [0.15, 0.2) is 5.84 Å². The van der Waals surface area contributed by atoms with Gasteiger partial charge in [-0.25, -0.2) is 9.69 Å². The number of urea groups is 1. The highest BCUT2D eigenvalue weighted by molar-refractivity contribution is 6.36. The third-order valence-corrected chi connectivity index (χ3v) is 7.49. The molecule has 1 saturated heterocycles. The minimum atomic E-state index is -0.376. The number of hydrogen-bond acceptors (Lipinski definition) is 7. The molecule has 5 rings (SSSR count). The summed E-state index contributed by atoms with van der Waals surface area (Å²) >= 11 is 0. The topological polar surface area (TPSA) is 113 Å². The molecular weight excluding hydrogens is 556 g/mol. The molecule has 3 N–H and O–H groups in total. The van der Waals surface area contributed by atoms with E-state index in [2.05, 4.69) is 22.3 Å². The molecule has 0 radical (unpaired) electrons. The van der Waals surface area contributed by atoms with Crippen LogP contribution in [0.5, 0.6) is 17.2 Å². The van der Waals surface area contributed by atoms with Crippen molar-refractivity contribution in [2.24, 2.45) is 10.7 Å². The van der Waals surface area contributed by atoms with Crippen molar-refractivity contribution in [3.8, 4) is 17.2 Å². The van der Waals surface area contributed by atoms with E-state index in [0.717, 1.165) is 5.56 Å². The van der Waals surface area contributed by atoms with Gasteiger partial charge < -0.3 is 20.5 Å². The van der Waals surface area contributed by atoms with Gasteiger partial charge in [-0.15, -0.1) is 0 Å². The number of nitrogens with zero attached hydrogens (tertiary/aromatic N) is 4. The number of hydrogen-bond donors (Lipinski definition) is 2. The van der Waals surface area contributed by atoms with Crippen LogP contribution in [0.3, 0.4) is 0 Å². The SMILES string of the molecule is C/N=C1\C(=C(/C)N)N(c2ccc(Oc3ccccc3)cc2C)C(=O)N1c1cc(NC(=O)/C=C/CN(C)C2CC2)cc(OC)c1. The first-order chi connectivity index (χ1) is 21.2. The highest BCUT2D eigenvalue weighted by Gasteiger charge is 2.42. The van der Waals surface area contributed by atoms with Crippen molar-refractivity contribution < 1.29 is 19.1 Å². The Morgan fingerprint density at radius 2 is 1.82 bits per heavy atom. The Labute approximate surface area is 258 Å². The smallest absolute Gasteiger partial charge is 0.339 e. The van der Waals surface area contributed by atoms with Gasteiger partial charge in [0.1, 0.15) is 22.9 Å². The number of amides is 3. The molecule has 1 aliphatic heterocycles. The summed E-state index contributed by atoms with van der Waals surface area (Å²) in [6.07, 6.45) is 5.77. The summed E-state index contributed by atoms with van der Waals surface area (Å²) in [7, 11) is 5.19. The van der Waals surface area contributed by atoms with Gasteiger partial charge in [-0.1, -0.05) is 24.3 Å². The largest absolute Gasteiger partial charge is 0.497 e. The average molecular weight is 595 g/mol. The Kier molecular flexibility index (Phi) is 9.01. The minimum absolute atomic E-state index is 0.279. The maximum Gasteiger partial charge on any atom is 0.339 e. The maximum absolute atomic E-state index is 14.2. The predicted molar refractivity (Wildman–Crippen MR) is 175 cm³/mol. The zero-order valence-electron chi connectivity index (χ0n) is 25.7. The average Bonchev–Trinajstić information content (AvgIpc) is 3.81. The molecule has 0 spiro atoms. The molecule has 228 valence electrons. The Morgan fingerprint density at radius 1 is 1.07 bits per heavy atom. The maximum atomic E-state index is 14.2. The summed E-state index contributed by atoms with van der Waals surface area (Å²) in [5, 5.41) is 2.89. The Hall–Kier alpha value is -5.09. The Balaban J connectivity index is 1.44. The fourth-order valence-electron chi connectivity index (χ4n) is 5.15. The number of carbonyl (C=O) groups excluding carboxylic acids is 2. The van der Waals surface area contributed by atoms with E-state index in [1.807, 2.05) is 61.5 Å². The molecule has 44 heavy (non-hydrogen) atoms. The highest BCUT2D eigenvalue weighted by Crippen LogP contribution is 2.39. The van der Waals surface area contributed by atoms with Gasteiger partial charge in [0.25, 0.3) is 0 Å². The Bertz CT molecular complexity index is 1640. The molecule has 10 nitrogen and oxygen atoms in total. The summed E-state index contributed by atoms with van der Waals surface area (Å²) < 4.78 is 11.5. The van der Waals surface area contributed by atoms with Gasteiger partial charge in [-0.2, -0.15) is 0 Å². The molecule has 2 fully saturated rings. The van der Waals surface area contributed by atoms with Gasteiger partial charge in [-0.3, -0.25) is 19.6 Å². The first kappa shape index (κ1) is 30.4. The highest BCUT2D eigenvalue weighted by atomic mass is 16.5. The Morgan fingerprint density at radius 3 is 2.45 bits per heavy atom. The molecule has 0 aromatic heterocycles. The first-order valence-electron chi connectivity index (χ1n) is 14.5. The number of aryl methyl sites for hydroxylation is 1. The van der Waals surface area contributed by atoms with Crippen LogP contribution in [0.4, 0.5) is 21.9 Å². The number of anilines is 3. The molecule has 1 heterocycles. The van der Waals surface area contributed by atoms with Crippen molar-refractivity contribution in [2.75, 3.05) is 42.9 Å². The minimum Gasteiger partial charge on any atom is -0.497 e. The summed E-state index contributed by atoms with van der Waals surface area (Å²) in [4.78, 5) is 36.7. The van der Waals surface area contributed by atoms with E-state index >= 15 is 0 Å². The van der Waals surface area contributed by atoms with E-state index in [-0.39, 0.29) is 11.9 Å². The van der Waals surface area contributed by atoms with Crippen LogP contribution in [0, 0.1) is 6.92 Å². The summed E-state index contributed by atoms with van der Waals surface area (Å²) in [6, 6.07) is 20.4. The molecule has 1 aliphatic carbocycles. The zero-order valence-corrected chi connectivity index (χ0v) is 25.7. The van der Waals surface area contributed by atoms with Crippen molar-refractivity contribution in [1.29, 1.82) is 0 Å². The van der Waals surface area contributed by atoms with Crippen LogP contribution in [0.25, 0.3) is 0 Å². The molecule has 3 aromatic carbocycles. The van der Waals surface area contributed by atoms with Crippen molar-refractivity contribution in [3.63, 3.8) is 0 Å². The van der Waals surface area contributed by atoms with Crippen LogP contribution in [-0.4, -0.2) is 56.5 Å². The second kappa shape index (κ2) is 13.0. The summed E-state index contributed by atoms with van der Waals surface area (Å²) in [5.74, 6) is 1.91. The fraction of sp³-hybridized carbons (Fsp3) is 0.265. The summed E-state index contributed by atoms with van der Waals surface area (Å²) in [6.45, 7) is 4.34. The number of nitrogens with two attached hydrogens (primary N) is 1. The number of ether oxygens (including phenoxy) is 2. The molecule has 10 heteroatoms. The number of likely N-dealkylation sites (N-methyl/N-ethyl adjacent to an activating group) is 1. The number of benzene rings is 3. The van der Waals surface area contributed by atoms with Crippen molar-refractivity contribution in [2.45, 2.75) is 32.7 Å². The number of rotatable bonds is 10. The lowest BCUT2D eigenvalue weighted by atomic mass is 10.1.